The van der Waals surface area contributed by atoms with Gasteiger partial charge in [-0.05, 0) is 44.6 Å². The summed E-state index contributed by atoms with van der Waals surface area (Å²) in [5.41, 5.74) is 6.49. The van der Waals surface area contributed by atoms with E-state index in [0.29, 0.717) is 12.6 Å². The minimum Gasteiger partial charge on any atom is -0.369 e. The van der Waals surface area contributed by atoms with Crippen LogP contribution >= 0.6 is 0 Å². The number of piperidine rings is 1. The van der Waals surface area contributed by atoms with Crippen molar-refractivity contribution in [3.63, 3.8) is 0 Å². The second-order valence-electron chi connectivity index (χ2n) is 7.30. The van der Waals surface area contributed by atoms with Crippen LogP contribution in [0.2, 0.25) is 0 Å². The predicted octanol–water partition coefficient (Wildman–Crippen LogP) is 1.42. The highest BCUT2D eigenvalue weighted by molar-refractivity contribution is 5.80. The number of nitro benzene ring substituents is 1. The Labute approximate surface area is 171 Å². The van der Waals surface area contributed by atoms with Gasteiger partial charge in [0.25, 0.3) is 5.69 Å². The number of carbonyl (C=O) groups excluding carboxylic acids is 1. The van der Waals surface area contributed by atoms with Crippen LogP contribution in [0.25, 0.3) is 0 Å². The Balaban J connectivity index is 1.70. The topological polar surface area (TPSA) is 126 Å². The molecule has 1 fully saturated rings. The molecule has 1 aliphatic heterocycles. The number of primary amides is 1. The van der Waals surface area contributed by atoms with Gasteiger partial charge in [0, 0.05) is 44.4 Å². The molecule has 0 spiro atoms. The third-order valence-corrected chi connectivity index (χ3v) is 4.94. The molecule has 4 N–H and O–H groups in total. The number of aryl methyl sites for hydroxylation is 1. The van der Waals surface area contributed by atoms with Crippen molar-refractivity contribution >= 4 is 17.6 Å². The van der Waals surface area contributed by atoms with Crippen LogP contribution in [-0.4, -0.2) is 60.5 Å². The van der Waals surface area contributed by atoms with Gasteiger partial charge in [0.05, 0.1) is 11.5 Å². The summed E-state index contributed by atoms with van der Waals surface area (Å²) in [4.78, 5) is 28.1. The first-order valence-corrected chi connectivity index (χ1v) is 10.3. The summed E-state index contributed by atoms with van der Waals surface area (Å²) >= 11 is 0. The Morgan fingerprint density at radius 2 is 1.97 bits per heavy atom. The molecular formula is C20H32N6O3. The van der Waals surface area contributed by atoms with Gasteiger partial charge in [-0.3, -0.25) is 24.8 Å². The van der Waals surface area contributed by atoms with Gasteiger partial charge in [0.1, 0.15) is 0 Å². The number of aliphatic imine (C=N–C) groups is 1. The van der Waals surface area contributed by atoms with Crippen molar-refractivity contribution in [2.45, 2.75) is 45.1 Å². The van der Waals surface area contributed by atoms with E-state index in [1.165, 1.54) is 0 Å². The molecule has 1 amide bonds. The Morgan fingerprint density at radius 1 is 1.28 bits per heavy atom. The molecule has 0 atom stereocenters. The normalized spacial score (nSPS) is 15.8. The van der Waals surface area contributed by atoms with E-state index in [4.69, 9.17) is 5.73 Å². The molecule has 1 aliphatic rings. The molecule has 2 rings (SSSR count). The molecule has 0 bridgehead atoms. The molecule has 1 heterocycles. The SMILES string of the molecule is CCNC(=NCCCCc1ccc([N+](=O)[O-])cc1)NC1CCN(CC(N)=O)CC1. The molecule has 1 saturated heterocycles. The van der Waals surface area contributed by atoms with Gasteiger partial charge in [-0.2, -0.15) is 0 Å². The van der Waals surface area contributed by atoms with Crippen molar-refractivity contribution in [1.82, 2.24) is 15.5 Å². The Kier molecular flexibility index (Phi) is 9.36. The lowest BCUT2D eigenvalue weighted by atomic mass is 10.1. The van der Waals surface area contributed by atoms with Gasteiger partial charge >= 0.3 is 0 Å². The van der Waals surface area contributed by atoms with Crippen LogP contribution in [-0.2, 0) is 11.2 Å². The lowest BCUT2D eigenvalue weighted by molar-refractivity contribution is -0.384. The molecule has 0 radical (unpaired) electrons. The lowest BCUT2D eigenvalue weighted by Gasteiger charge is -2.32. The van der Waals surface area contributed by atoms with Crippen LogP contribution in [0.15, 0.2) is 29.3 Å². The van der Waals surface area contributed by atoms with Crippen LogP contribution in [0, 0.1) is 10.1 Å². The van der Waals surface area contributed by atoms with Gasteiger partial charge in [0.15, 0.2) is 5.96 Å². The summed E-state index contributed by atoms with van der Waals surface area (Å²) in [5, 5.41) is 17.5. The fourth-order valence-electron chi connectivity index (χ4n) is 3.39. The minimum absolute atomic E-state index is 0.125. The molecule has 9 nitrogen and oxygen atoms in total. The van der Waals surface area contributed by atoms with Crippen molar-refractivity contribution in [3.05, 3.63) is 39.9 Å². The average molecular weight is 405 g/mol. The van der Waals surface area contributed by atoms with E-state index in [1.54, 1.807) is 12.1 Å². The number of carbonyl (C=O) groups is 1. The maximum atomic E-state index is 11.0. The summed E-state index contributed by atoms with van der Waals surface area (Å²) < 4.78 is 0. The molecule has 29 heavy (non-hydrogen) atoms. The van der Waals surface area contributed by atoms with Gasteiger partial charge in [-0.25, -0.2) is 0 Å². The van der Waals surface area contributed by atoms with Crippen LogP contribution in [0.3, 0.4) is 0 Å². The number of hydrogen-bond donors (Lipinski definition) is 3. The van der Waals surface area contributed by atoms with E-state index in [-0.39, 0.29) is 16.5 Å². The van der Waals surface area contributed by atoms with Gasteiger partial charge < -0.3 is 16.4 Å². The quantitative estimate of drug-likeness (QED) is 0.178. The zero-order chi connectivity index (χ0) is 21.1. The van der Waals surface area contributed by atoms with Crippen LogP contribution in [0.4, 0.5) is 5.69 Å². The second-order valence-corrected chi connectivity index (χ2v) is 7.30. The smallest absolute Gasteiger partial charge is 0.269 e. The molecule has 9 heteroatoms. The standard InChI is InChI=1S/C20H32N6O3/c1-2-22-20(24-17-10-13-25(14-11-17)15-19(21)27)23-12-4-3-5-16-6-8-18(9-7-16)26(28)29/h6-9,17H,2-5,10-15H2,1H3,(H2,21,27)(H2,22,23,24). The summed E-state index contributed by atoms with van der Waals surface area (Å²) in [6, 6.07) is 7.08. The number of nitro groups is 1. The van der Waals surface area contributed by atoms with Crippen LogP contribution in [0.5, 0.6) is 0 Å². The molecule has 0 aliphatic carbocycles. The summed E-state index contributed by atoms with van der Waals surface area (Å²) in [7, 11) is 0. The summed E-state index contributed by atoms with van der Waals surface area (Å²) in [5.74, 6) is 0.552. The first kappa shape index (κ1) is 22.6. The van der Waals surface area contributed by atoms with Crippen molar-refractivity contribution in [2.75, 3.05) is 32.7 Å². The number of benzene rings is 1. The van der Waals surface area contributed by atoms with Gasteiger partial charge in [-0.1, -0.05) is 12.1 Å². The highest BCUT2D eigenvalue weighted by Crippen LogP contribution is 2.14. The number of hydrogen-bond acceptors (Lipinski definition) is 5. The van der Waals surface area contributed by atoms with E-state index in [0.717, 1.165) is 69.8 Å². The second kappa shape index (κ2) is 12.0. The molecule has 1 aromatic rings. The number of guanidine groups is 1. The highest BCUT2D eigenvalue weighted by Gasteiger charge is 2.20. The van der Waals surface area contributed by atoms with Gasteiger partial charge in [-0.15, -0.1) is 0 Å². The number of nitrogens with zero attached hydrogens (tertiary/aromatic N) is 3. The number of nitrogens with one attached hydrogen (secondary N) is 2. The maximum absolute atomic E-state index is 11.0. The maximum Gasteiger partial charge on any atom is 0.269 e. The fourth-order valence-corrected chi connectivity index (χ4v) is 3.39. The summed E-state index contributed by atoms with van der Waals surface area (Å²) in [6.45, 7) is 5.61. The number of likely N-dealkylation sites (tertiary alicyclic amines) is 1. The molecule has 0 unspecified atom stereocenters. The lowest BCUT2D eigenvalue weighted by Crippen LogP contribution is -2.49. The number of non-ortho nitro benzene ring substituents is 1. The number of rotatable bonds is 10. The highest BCUT2D eigenvalue weighted by atomic mass is 16.6. The molecule has 160 valence electrons. The Hall–Kier alpha value is -2.68. The molecule has 1 aromatic carbocycles. The number of unbranched alkanes of at least 4 members (excludes halogenated alkanes) is 1. The van der Waals surface area contributed by atoms with Crippen molar-refractivity contribution in [1.29, 1.82) is 0 Å². The van der Waals surface area contributed by atoms with E-state index in [2.05, 4.69) is 20.5 Å². The van der Waals surface area contributed by atoms with E-state index in [9.17, 15) is 14.9 Å². The molecular weight excluding hydrogens is 372 g/mol. The third-order valence-electron chi connectivity index (χ3n) is 4.94. The molecule has 0 aromatic heterocycles. The van der Waals surface area contributed by atoms with Crippen LogP contribution in [0.1, 0.15) is 38.2 Å². The first-order valence-electron chi connectivity index (χ1n) is 10.3. The van der Waals surface area contributed by atoms with Crippen molar-refractivity contribution < 1.29 is 9.72 Å². The van der Waals surface area contributed by atoms with Crippen molar-refractivity contribution in [2.24, 2.45) is 10.7 Å². The fraction of sp³-hybridized carbons (Fsp3) is 0.600. The number of amides is 1. The zero-order valence-corrected chi connectivity index (χ0v) is 17.1. The zero-order valence-electron chi connectivity index (χ0n) is 17.1. The average Bonchev–Trinajstić information content (AvgIpc) is 2.69. The van der Waals surface area contributed by atoms with E-state index >= 15 is 0 Å². The van der Waals surface area contributed by atoms with Crippen molar-refractivity contribution in [3.8, 4) is 0 Å². The van der Waals surface area contributed by atoms with E-state index < -0.39 is 0 Å². The largest absolute Gasteiger partial charge is 0.369 e. The monoisotopic (exact) mass is 404 g/mol. The minimum atomic E-state index is -0.380. The van der Waals surface area contributed by atoms with Gasteiger partial charge in [0.2, 0.25) is 5.91 Å². The Morgan fingerprint density at radius 3 is 2.55 bits per heavy atom. The predicted molar refractivity (Wildman–Crippen MR) is 114 cm³/mol. The number of nitrogens with two attached hydrogens (primary N) is 1. The Bertz CT molecular complexity index is 684. The third kappa shape index (κ3) is 8.47. The first-order chi connectivity index (χ1) is 14.0. The summed E-state index contributed by atoms with van der Waals surface area (Å²) in [6.07, 6.45) is 4.72. The van der Waals surface area contributed by atoms with E-state index in [1.807, 2.05) is 19.1 Å². The van der Waals surface area contributed by atoms with Crippen LogP contribution < -0.4 is 16.4 Å². The molecule has 0 saturated carbocycles.